The second kappa shape index (κ2) is 3.90. The largest absolute Gasteiger partial charge is 0.454 e. The van der Waals surface area contributed by atoms with Gasteiger partial charge >= 0.3 is 0 Å². The minimum Gasteiger partial charge on any atom is -0.454 e. The van der Waals surface area contributed by atoms with E-state index in [1.165, 1.54) is 5.56 Å². The Kier molecular flexibility index (Phi) is 2.37. The summed E-state index contributed by atoms with van der Waals surface area (Å²) in [6.45, 7) is 2.06. The van der Waals surface area contributed by atoms with Gasteiger partial charge in [-0.1, -0.05) is 23.2 Å². The smallest absolute Gasteiger partial charge is 0.153 e. The first kappa shape index (κ1) is 10.4. The molecule has 3 heteroatoms. The summed E-state index contributed by atoms with van der Waals surface area (Å²) in [5.41, 5.74) is 2.84. The molecule has 17 heavy (non-hydrogen) atoms. The minimum atomic E-state index is 0.659. The summed E-state index contributed by atoms with van der Waals surface area (Å²) in [6.07, 6.45) is 1.68. The molecule has 1 aromatic carbocycles. The van der Waals surface area contributed by atoms with Gasteiger partial charge in [0.2, 0.25) is 0 Å². The fourth-order valence-electron chi connectivity index (χ4n) is 1.83. The molecule has 2 aromatic heterocycles. The zero-order valence-electron chi connectivity index (χ0n) is 9.27. The van der Waals surface area contributed by atoms with E-state index in [0.29, 0.717) is 5.02 Å². The predicted octanol–water partition coefficient (Wildman–Crippen LogP) is 4.46. The van der Waals surface area contributed by atoms with Crippen LogP contribution in [-0.2, 0) is 0 Å². The lowest BCUT2D eigenvalue weighted by Gasteiger charge is -1.95. The number of aryl methyl sites for hydroxylation is 1. The van der Waals surface area contributed by atoms with E-state index in [-0.39, 0.29) is 0 Å². The van der Waals surface area contributed by atoms with Gasteiger partial charge in [0.05, 0.1) is 0 Å². The summed E-state index contributed by atoms with van der Waals surface area (Å²) in [6, 6.07) is 11.6. The first-order chi connectivity index (χ1) is 8.22. The molecular weight excluding hydrogens is 234 g/mol. The van der Waals surface area contributed by atoms with E-state index in [9.17, 15) is 0 Å². The number of benzene rings is 1. The molecule has 2 nitrogen and oxygen atoms in total. The summed E-state index contributed by atoms with van der Waals surface area (Å²) in [5, 5.41) is 1.74. The van der Waals surface area contributed by atoms with Gasteiger partial charge in [0.25, 0.3) is 0 Å². The van der Waals surface area contributed by atoms with E-state index < -0.39 is 0 Å². The van der Waals surface area contributed by atoms with Gasteiger partial charge in [-0.3, -0.25) is 4.98 Å². The van der Waals surface area contributed by atoms with E-state index in [1.54, 1.807) is 18.3 Å². The van der Waals surface area contributed by atoms with Crippen LogP contribution in [0, 0.1) is 6.92 Å². The van der Waals surface area contributed by atoms with Crippen molar-refractivity contribution in [2.24, 2.45) is 0 Å². The Morgan fingerprint density at radius 3 is 2.82 bits per heavy atom. The normalized spacial score (nSPS) is 10.9. The van der Waals surface area contributed by atoms with Crippen LogP contribution in [0.15, 0.2) is 47.0 Å². The van der Waals surface area contributed by atoms with Crippen LogP contribution in [0.2, 0.25) is 5.02 Å². The van der Waals surface area contributed by atoms with E-state index in [2.05, 4.69) is 18.0 Å². The summed E-state index contributed by atoms with van der Waals surface area (Å²) >= 11 is 5.94. The van der Waals surface area contributed by atoms with E-state index >= 15 is 0 Å². The van der Waals surface area contributed by atoms with E-state index in [0.717, 1.165) is 22.4 Å². The summed E-state index contributed by atoms with van der Waals surface area (Å²) in [7, 11) is 0. The van der Waals surface area contributed by atoms with Gasteiger partial charge in [0, 0.05) is 16.6 Å². The highest BCUT2D eigenvalue weighted by Crippen LogP contribution is 2.28. The van der Waals surface area contributed by atoms with Crippen LogP contribution in [-0.4, -0.2) is 4.98 Å². The van der Waals surface area contributed by atoms with Gasteiger partial charge in [-0.25, -0.2) is 0 Å². The quantitative estimate of drug-likeness (QED) is 0.631. The molecule has 0 aliphatic rings. The zero-order valence-corrected chi connectivity index (χ0v) is 10.0. The Hall–Kier alpha value is -1.80. The maximum Gasteiger partial charge on any atom is 0.153 e. The van der Waals surface area contributed by atoms with Gasteiger partial charge in [0.15, 0.2) is 5.76 Å². The molecule has 0 fully saturated rings. The molecule has 0 saturated heterocycles. The third-order valence-electron chi connectivity index (χ3n) is 2.65. The average molecular weight is 244 g/mol. The van der Waals surface area contributed by atoms with Crippen LogP contribution < -0.4 is 0 Å². The Morgan fingerprint density at radius 1 is 1.12 bits per heavy atom. The maximum absolute atomic E-state index is 5.94. The lowest BCUT2D eigenvalue weighted by atomic mass is 10.2. The molecule has 0 spiro atoms. The van der Waals surface area contributed by atoms with Crippen molar-refractivity contribution in [3.05, 3.63) is 53.2 Å². The predicted molar refractivity (Wildman–Crippen MR) is 69.2 cm³/mol. The molecule has 0 saturated carbocycles. The topological polar surface area (TPSA) is 26.0 Å². The highest BCUT2D eigenvalue weighted by atomic mass is 35.5. The Morgan fingerprint density at radius 2 is 2.00 bits per heavy atom. The maximum atomic E-state index is 5.94. The summed E-state index contributed by atoms with van der Waals surface area (Å²) < 4.78 is 5.74. The van der Waals surface area contributed by atoms with Gasteiger partial charge in [0.1, 0.15) is 11.3 Å². The molecule has 0 amide bonds. The minimum absolute atomic E-state index is 0.659. The number of hydrogen-bond donors (Lipinski definition) is 0. The SMILES string of the molecule is Cc1ccc2oc(-c3cc(Cl)ccn3)cc2c1. The molecule has 0 aliphatic heterocycles. The number of nitrogens with zero attached hydrogens (tertiary/aromatic N) is 1. The Bertz CT molecular complexity index is 688. The lowest BCUT2D eigenvalue weighted by Crippen LogP contribution is -1.78. The fraction of sp³-hybridized carbons (Fsp3) is 0.0714. The highest BCUT2D eigenvalue weighted by molar-refractivity contribution is 6.30. The van der Waals surface area contributed by atoms with Crippen molar-refractivity contribution >= 4 is 22.6 Å². The molecule has 3 rings (SSSR count). The van der Waals surface area contributed by atoms with Crippen molar-refractivity contribution in [1.29, 1.82) is 0 Å². The number of aromatic nitrogens is 1. The number of fused-ring (bicyclic) bond motifs is 1. The number of pyridine rings is 1. The molecular formula is C14H10ClNO. The molecule has 2 heterocycles. The molecule has 0 unspecified atom stereocenters. The number of furan rings is 1. The molecule has 0 radical (unpaired) electrons. The first-order valence-corrected chi connectivity index (χ1v) is 5.72. The van der Waals surface area contributed by atoms with Crippen LogP contribution >= 0.6 is 11.6 Å². The van der Waals surface area contributed by atoms with Crippen LogP contribution in [0.1, 0.15) is 5.56 Å². The zero-order chi connectivity index (χ0) is 11.8. The van der Waals surface area contributed by atoms with Crippen molar-refractivity contribution in [2.45, 2.75) is 6.92 Å². The van der Waals surface area contributed by atoms with Gasteiger partial charge in [-0.15, -0.1) is 0 Å². The van der Waals surface area contributed by atoms with Gasteiger partial charge < -0.3 is 4.42 Å². The van der Waals surface area contributed by atoms with Gasteiger partial charge in [-0.2, -0.15) is 0 Å². The number of rotatable bonds is 1. The van der Waals surface area contributed by atoms with E-state index in [4.69, 9.17) is 16.0 Å². The average Bonchev–Trinajstić information content (AvgIpc) is 2.72. The standard InChI is InChI=1S/C14H10ClNO/c1-9-2-3-13-10(6-9)7-14(17-13)12-8-11(15)4-5-16-12/h2-8H,1H3. The third-order valence-corrected chi connectivity index (χ3v) is 2.88. The van der Waals surface area contributed by atoms with Gasteiger partial charge in [-0.05, 0) is 37.3 Å². The number of hydrogen-bond acceptors (Lipinski definition) is 2. The van der Waals surface area contributed by atoms with Crippen LogP contribution in [0.4, 0.5) is 0 Å². The molecule has 0 atom stereocenters. The van der Waals surface area contributed by atoms with Crippen LogP contribution in [0.3, 0.4) is 0 Å². The van der Waals surface area contributed by atoms with Crippen molar-refractivity contribution in [1.82, 2.24) is 4.98 Å². The monoisotopic (exact) mass is 243 g/mol. The van der Waals surface area contributed by atoms with E-state index in [1.807, 2.05) is 18.2 Å². The first-order valence-electron chi connectivity index (χ1n) is 5.34. The van der Waals surface area contributed by atoms with Crippen molar-refractivity contribution in [3.63, 3.8) is 0 Å². The van der Waals surface area contributed by atoms with Crippen LogP contribution in [0.25, 0.3) is 22.4 Å². The van der Waals surface area contributed by atoms with Crippen molar-refractivity contribution in [2.75, 3.05) is 0 Å². The second-order valence-corrected chi connectivity index (χ2v) is 4.45. The second-order valence-electron chi connectivity index (χ2n) is 4.01. The Balaban J connectivity index is 2.18. The molecule has 0 N–H and O–H groups in total. The molecule has 3 aromatic rings. The third kappa shape index (κ3) is 1.92. The molecule has 0 aliphatic carbocycles. The fourth-order valence-corrected chi connectivity index (χ4v) is 1.99. The molecule has 0 bridgehead atoms. The molecule has 84 valence electrons. The van der Waals surface area contributed by atoms with Crippen molar-refractivity contribution in [3.8, 4) is 11.5 Å². The van der Waals surface area contributed by atoms with Crippen molar-refractivity contribution < 1.29 is 4.42 Å². The number of halogens is 1. The lowest BCUT2D eigenvalue weighted by molar-refractivity contribution is 0.628. The Labute approximate surface area is 104 Å². The summed E-state index contributed by atoms with van der Waals surface area (Å²) in [5.74, 6) is 0.744. The summed E-state index contributed by atoms with van der Waals surface area (Å²) in [4.78, 5) is 4.25. The highest BCUT2D eigenvalue weighted by Gasteiger charge is 2.07. The van der Waals surface area contributed by atoms with Crippen LogP contribution in [0.5, 0.6) is 0 Å².